The first-order valence-corrected chi connectivity index (χ1v) is 9.07. The topological polar surface area (TPSA) is 59.9 Å². The maximum absolute atomic E-state index is 9.92. The van der Waals surface area contributed by atoms with Gasteiger partial charge in [-0.1, -0.05) is 6.42 Å². The standard InChI is InChI=1S/C17H34N4O.HI/c1-4-18-17(19-12-14-6-5-7-16(14)22)20-15-8-10-21(11-9-15)13(2)3;/h13-16,22H,4-12H2,1-3H3,(H2,18,19,20);1H. The third-order valence-electron chi connectivity index (χ3n) is 5.05. The summed E-state index contributed by atoms with van der Waals surface area (Å²) in [5, 5.41) is 16.9. The third kappa shape index (κ3) is 6.74. The van der Waals surface area contributed by atoms with Crippen LogP contribution in [0.4, 0.5) is 0 Å². The van der Waals surface area contributed by atoms with Crippen molar-refractivity contribution in [2.24, 2.45) is 10.9 Å². The quantitative estimate of drug-likeness (QED) is 0.350. The number of aliphatic imine (C=N–C) groups is 1. The lowest BCUT2D eigenvalue weighted by Gasteiger charge is -2.35. The molecule has 0 aromatic rings. The summed E-state index contributed by atoms with van der Waals surface area (Å²) in [6.07, 6.45) is 5.39. The normalized spacial score (nSPS) is 27.1. The van der Waals surface area contributed by atoms with Gasteiger partial charge in [-0.25, -0.2) is 0 Å². The Morgan fingerprint density at radius 2 is 1.91 bits per heavy atom. The molecule has 1 aliphatic heterocycles. The van der Waals surface area contributed by atoms with Crippen LogP contribution in [-0.4, -0.2) is 60.3 Å². The van der Waals surface area contributed by atoms with Crippen molar-refractivity contribution in [1.29, 1.82) is 0 Å². The minimum atomic E-state index is -0.152. The van der Waals surface area contributed by atoms with Crippen molar-refractivity contribution in [1.82, 2.24) is 15.5 Å². The van der Waals surface area contributed by atoms with Gasteiger partial charge in [-0.15, -0.1) is 24.0 Å². The van der Waals surface area contributed by atoms with Gasteiger partial charge in [0.05, 0.1) is 6.10 Å². The summed E-state index contributed by atoms with van der Waals surface area (Å²) in [7, 11) is 0. The fourth-order valence-electron chi connectivity index (χ4n) is 3.51. The molecule has 0 aromatic carbocycles. The number of hydrogen-bond acceptors (Lipinski definition) is 3. The van der Waals surface area contributed by atoms with Gasteiger partial charge in [-0.3, -0.25) is 4.99 Å². The zero-order valence-electron chi connectivity index (χ0n) is 14.9. The van der Waals surface area contributed by atoms with Crippen LogP contribution in [0.3, 0.4) is 0 Å². The smallest absolute Gasteiger partial charge is 0.191 e. The Bertz CT molecular complexity index is 357. The van der Waals surface area contributed by atoms with Gasteiger partial charge in [0.2, 0.25) is 0 Å². The average Bonchev–Trinajstić information content (AvgIpc) is 2.91. The highest BCUT2D eigenvalue weighted by atomic mass is 127. The van der Waals surface area contributed by atoms with Crippen molar-refractivity contribution in [2.75, 3.05) is 26.2 Å². The van der Waals surface area contributed by atoms with Crippen LogP contribution in [0.2, 0.25) is 0 Å². The molecule has 0 aromatic heterocycles. The van der Waals surface area contributed by atoms with E-state index in [9.17, 15) is 5.11 Å². The summed E-state index contributed by atoms with van der Waals surface area (Å²) in [4.78, 5) is 7.25. The van der Waals surface area contributed by atoms with E-state index in [0.717, 1.165) is 51.4 Å². The number of likely N-dealkylation sites (tertiary alicyclic amines) is 1. The number of aliphatic hydroxyl groups is 1. The Labute approximate surface area is 158 Å². The summed E-state index contributed by atoms with van der Waals surface area (Å²) in [5.74, 6) is 1.27. The zero-order chi connectivity index (χ0) is 15.9. The van der Waals surface area contributed by atoms with Crippen molar-refractivity contribution in [2.45, 2.75) is 71.1 Å². The molecule has 0 radical (unpaired) electrons. The first kappa shape index (κ1) is 21.0. The van der Waals surface area contributed by atoms with Crippen molar-refractivity contribution < 1.29 is 5.11 Å². The first-order valence-electron chi connectivity index (χ1n) is 9.07. The van der Waals surface area contributed by atoms with E-state index in [0.29, 0.717) is 18.0 Å². The number of guanidine groups is 1. The lowest BCUT2D eigenvalue weighted by atomic mass is 10.0. The molecule has 5 nitrogen and oxygen atoms in total. The van der Waals surface area contributed by atoms with E-state index < -0.39 is 0 Å². The minimum Gasteiger partial charge on any atom is -0.393 e. The Balaban J connectivity index is 0.00000264. The fourth-order valence-corrected chi connectivity index (χ4v) is 3.51. The van der Waals surface area contributed by atoms with Crippen molar-refractivity contribution in [3.8, 4) is 0 Å². The van der Waals surface area contributed by atoms with Crippen LogP contribution in [0.5, 0.6) is 0 Å². The monoisotopic (exact) mass is 438 g/mol. The molecule has 136 valence electrons. The molecule has 0 spiro atoms. The maximum Gasteiger partial charge on any atom is 0.191 e. The van der Waals surface area contributed by atoms with Gasteiger partial charge in [-0.05, 0) is 46.5 Å². The van der Waals surface area contributed by atoms with Crippen LogP contribution in [0.1, 0.15) is 52.9 Å². The highest BCUT2D eigenvalue weighted by Crippen LogP contribution is 2.25. The molecule has 1 saturated heterocycles. The van der Waals surface area contributed by atoms with Gasteiger partial charge >= 0.3 is 0 Å². The van der Waals surface area contributed by atoms with Gasteiger partial charge in [0.15, 0.2) is 5.96 Å². The molecule has 1 saturated carbocycles. The Morgan fingerprint density at radius 3 is 2.43 bits per heavy atom. The SMILES string of the molecule is CCNC(=NCC1CCCC1O)NC1CCN(C(C)C)CC1.I. The van der Waals surface area contributed by atoms with Gasteiger partial charge < -0.3 is 20.6 Å². The number of nitrogens with one attached hydrogen (secondary N) is 2. The molecular formula is C17H35IN4O. The lowest BCUT2D eigenvalue weighted by Crippen LogP contribution is -2.50. The molecule has 23 heavy (non-hydrogen) atoms. The molecular weight excluding hydrogens is 403 g/mol. The fraction of sp³-hybridized carbons (Fsp3) is 0.941. The molecule has 0 bridgehead atoms. The zero-order valence-corrected chi connectivity index (χ0v) is 17.3. The first-order chi connectivity index (χ1) is 10.6. The Hall–Kier alpha value is -0.0800. The molecule has 3 N–H and O–H groups in total. The number of halogens is 1. The summed E-state index contributed by atoms with van der Waals surface area (Å²) < 4.78 is 0. The van der Waals surface area contributed by atoms with Crippen LogP contribution >= 0.6 is 24.0 Å². The van der Waals surface area contributed by atoms with E-state index in [4.69, 9.17) is 4.99 Å². The predicted molar refractivity (Wildman–Crippen MR) is 108 cm³/mol. The van der Waals surface area contributed by atoms with E-state index >= 15 is 0 Å². The second kappa shape index (κ2) is 10.7. The largest absolute Gasteiger partial charge is 0.393 e. The van der Waals surface area contributed by atoms with Crippen LogP contribution in [0.25, 0.3) is 0 Å². The number of aliphatic hydroxyl groups excluding tert-OH is 1. The number of piperidine rings is 1. The minimum absolute atomic E-state index is 0. The molecule has 2 fully saturated rings. The van der Waals surface area contributed by atoms with Crippen molar-refractivity contribution in [3.05, 3.63) is 0 Å². The van der Waals surface area contributed by atoms with Crippen LogP contribution in [-0.2, 0) is 0 Å². The van der Waals surface area contributed by atoms with Gasteiger partial charge in [-0.2, -0.15) is 0 Å². The number of rotatable bonds is 5. The van der Waals surface area contributed by atoms with E-state index in [1.807, 2.05) is 0 Å². The number of hydrogen-bond donors (Lipinski definition) is 3. The average molecular weight is 438 g/mol. The molecule has 2 aliphatic rings. The summed E-state index contributed by atoms with van der Waals surface area (Å²) in [6.45, 7) is 10.6. The molecule has 2 atom stereocenters. The molecule has 2 rings (SSSR count). The Morgan fingerprint density at radius 1 is 1.22 bits per heavy atom. The van der Waals surface area contributed by atoms with Gasteiger partial charge in [0.1, 0.15) is 0 Å². The van der Waals surface area contributed by atoms with Crippen molar-refractivity contribution in [3.63, 3.8) is 0 Å². The lowest BCUT2D eigenvalue weighted by molar-refractivity contribution is 0.136. The van der Waals surface area contributed by atoms with Gasteiger partial charge in [0, 0.05) is 44.2 Å². The predicted octanol–water partition coefficient (Wildman–Crippen LogP) is 2.19. The summed E-state index contributed by atoms with van der Waals surface area (Å²) in [6, 6.07) is 1.16. The third-order valence-corrected chi connectivity index (χ3v) is 5.05. The second-order valence-corrected chi connectivity index (χ2v) is 7.03. The van der Waals surface area contributed by atoms with Crippen LogP contribution < -0.4 is 10.6 Å². The molecule has 2 unspecified atom stereocenters. The van der Waals surface area contributed by atoms with E-state index in [1.54, 1.807) is 0 Å². The number of nitrogens with zero attached hydrogens (tertiary/aromatic N) is 2. The van der Waals surface area contributed by atoms with Gasteiger partial charge in [0.25, 0.3) is 0 Å². The van der Waals surface area contributed by atoms with E-state index in [2.05, 4.69) is 36.3 Å². The highest BCUT2D eigenvalue weighted by molar-refractivity contribution is 14.0. The maximum atomic E-state index is 9.92. The molecule has 1 aliphatic carbocycles. The molecule has 0 amide bonds. The van der Waals surface area contributed by atoms with E-state index in [-0.39, 0.29) is 30.1 Å². The van der Waals surface area contributed by atoms with Crippen molar-refractivity contribution >= 4 is 29.9 Å². The second-order valence-electron chi connectivity index (χ2n) is 7.03. The molecule has 1 heterocycles. The summed E-state index contributed by atoms with van der Waals surface area (Å²) >= 11 is 0. The molecule has 6 heteroatoms. The summed E-state index contributed by atoms with van der Waals surface area (Å²) in [5.41, 5.74) is 0. The highest BCUT2D eigenvalue weighted by Gasteiger charge is 2.25. The van der Waals surface area contributed by atoms with Crippen LogP contribution in [0.15, 0.2) is 4.99 Å². The van der Waals surface area contributed by atoms with Crippen LogP contribution in [0, 0.1) is 5.92 Å². The van der Waals surface area contributed by atoms with E-state index in [1.165, 1.54) is 12.8 Å². The Kier molecular flexibility index (Phi) is 9.77.